The summed E-state index contributed by atoms with van der Waals surface area (Å²) in [6.45, 7) is 0.196. The number of nitriles is 2. The van der Waals surface area contributed by atoms with Crippen molar-refractivity contribution in [2.75, 3.05) is 6.61 Å². The van der Waals surface area contributed by atoms with E-state index in [4.69, 9.17) is 20.7 Å². The van der Waals surface area contributed by atoms with Crippen molar-refractivity contribution >= 4 is 5.97 Å². The van der Waals surface area contributed by atoms with Gasteiger partial charge in [0.25, 0.3) is 0 Å². The largest absolute Gasteiger partial charge is 0.477 e. The molecular formula is C14H20N2O4. The molecule has 0 saturated heterocycles. The second-order valence-corrected chi connectivity index (χ2v) is 4.47. The highest BCUT2D eigenvalue weighted by Crippen LogP contribution is 2.16. The van der Waals surface area contributed by atoms with E-state index in [1.165, 1.54) is 6.07 Å². The van der Waals surface area contributed by atoms with Crippen LogP contribution >= 0.6 is 0 Å². The Hall–Kier alpha value is -1.89. The molecule has 0 aromatic carbocycles. The Morgan fingerprint density at radius 3 is 2.00 bits per heavy atom. The van der Waals surface area contributed by atoms with E-state index in [-0.39, 0.29) is 18.6 Å². The van der Waals surface area contributed by atoms with Crippen LogP contribution in [0, 0.1) is 22.7 Å². The number of carboxylic acids is 1. The number of unbranched alkanes of at least 4 members (excludes halogenated alkanes) is 5. The first-order chi connectivity index (χ1) is 9.58. The van der Waals surface area contributed by atoms with Gasteiger partial charge in [0, 0.05) is 6.61 Å². The molecule has 1 atom stereocenters. The van der Waals surface area contributed by atoms with Crippen molar-refractivity contribution in [2.24, 2.45) is 0 Å². The number of carboxylic acid groups (broad SMARTS) is 1. The van der Waals surface area contributed by atoms with Gasteiger partial charge in [-0.1, -0.05) is 32.1 Å². The number of aliphatic carboxylic acids is 1. The third-order valence-corrected chi connectivity index (χ3v) is 2.93. The lowest BCUT2D eigenvalue weighted by Gasteiger charge is -2.09. The summed E-state index contributed by atoms with van der Waals surface area (Å²) in [4.78, 5) is 10.7. The first-order valence-corrected chi connectivity index (χ1v) is 6.65. The standard InChI is InChI=1S/C14H20N2O4/c15-9-11(12(10-16)14(19)20)13(18)7-5-3-1-2-4-6-8-17/h13,17-18H,1-8H2,(H,19,20). The van der Waals surface area contributed by atoms with Crippen LogP contribution in [0.2, 0.25) is 0 Å². The molecule has 0 aromatic rings. The maximum atomic E-state index is 10.7. The number of hydrogen-bond acceptors (Lipinski definition) is 5. The van der Waals surface area contributed by atoms with E-state index in [2.05, 4.69) is 0 Å². The van der Waals surface area contributed by atoms with Crippen LogP contribution in [0.15, 0.2) is 11.1 Å². The molecule has 6 nitrogen and oxygen atoms in total. The zero-order valence-corrected chi connectivity index (χ0v) is 11.4. The Morgan fingerprint density at radius 2 is 1.55 bits per heavy atom. The molecule has 0 heterocycles. The summed E-state index contributed by atoms with van der Waals surface area (Å²) >= 11 is 0. The van der Waals surface area contributed by atoms with Crippen LogP contribution in [0.25, 0.3) is 0 Å². The second kappa shape index (κ2) is 11.0. The fraction of sp³-hybridized carbons (Fsp3) is 0.643. The minimum atomic E-state index is -1.49. The van der Waals surface area contributed by atoms with Crippen LogP contribution in [0.4, 0.5) is 0 Å². The molecule has 6 heteroatoms. The Bertz CT molecular complexity index is 418. The molecule has 0 aliphatic rings. The minimum absolute atomic E-state index is 0.196. The predicted molar refractivity (Wildman–Crippen MR) is 71.3 cm³/mol. The van der Waals surface area contributed by atoms with Gasteiger partial charge in [-0.15, -0.1) is 0 Å². The number of rotatable bonds is 10. The van der Waals surface area contributed by atoms with Crippen LogP contribution in [0.5, 0.6) is 0 Å². The van der Waals surface area contributed by atoms with E-state index in [1.54, 1.807) is 6.07 Å². The van der Waals surface area contributed by atoms with Gasteiger partial charge in [0.05, 0.1) is 17.7 Å². The molecule has 0 rings (SSSR count). The molecule has 3 N–H and O–H groups in total. The van der Waals surface area contributed by atoms with E-state index in [0.717, 1.165) is 32.1 Å². The number of aliphatic hydroxyl groups is 2. The zero-order chi connectivity index (χ0) is 15.4. The van der Waals surface area contributed by atoms with Gasteiger partial charge in [-0.25, -0.2) is 4.79 Å². The molecule has 0 bridgehead atoms. The molecule has 0 aliphatic heterocycles. The maximum Gasteiger partial charge on any atom is 0.347 e. The Balaban J connectivity index is 4.20. The average Bonchev–Trinajstić information content (AvgIpc) is 2.42. The highest BCUT2D eigenvalue weighted by molar-refractivity contribution is 5.93. The van der Waals surface area contributed by atoms with E-state index in [1.807, 2.05) is 0 Å². The van der Waals surface area contributed by atoms with Crippen LogP contribution in [-0.4, -0.2) is 34.0 Å². The number of nitrogens with zero attached hydrogens (tertiary/aromatic N) is 2. The number of hydrogen-bond donors (Lipinski definition) is 3. The van der Waals surface area contributed by atoms with Gasteiger partial charge in [-0.3, -0.25) is 0 Å². The molecule has 0 spiro atoms. The van der Waals surface area contributed by atoms with Crippen LogP contribution in [0.3, 0.4) is 0 Å². The quantitative estimate of drug-likeness (QED) is 0.316. The summed E-state index contributed by atoms with van der Waals surface area (Å²) in [6, 6.07) is 3.03. The van der Waals surface area contributed by atoms with Crippen molar-refractivity contribution in [3.8, 4) is 12.1 Å². The van der Waals surface area contributed by atoms with E-state index >= 15 is 0 Å². The Morgan fingerprint density at radius 1 is 1.00 bits per heavy atom. The summed E-state index contributed by atoms with van der Waals surface area (Å²) in [5.41, 5.74) is -1.07. The molecule has 0 aromatic heterocycles. The van der Waals surface area contributed by atoms with E-state index in [9.17, 15) is 9.90 Å². The third-order valence-electron chi connectivity index (χ3n) is 2.93. The average molecular weight is 280 g/mol. The predicted octanol–water partition coefficient (Wildman–Crippen LogP) is 1.50. The van der Waals surface area contributed by atoms with E-state index < -0.39 is 17.6 Å². The Labute approximate surface area is 118 Å². The molecule has 0 amide bonds. The molecule has 20 heavy (non-hydrogen) atoms. The smallest absolute Gasteiger partial charge is 0.347 e. The topological polar surface area (TPSA) is 125 Å². The highest BCUT2D eigenvalue weighted by atomic mass is 16.4. The van der Waals surface area contributed by atoms with Gasteiger partial charge < -0.3 is 15.3 Å². The molecule has 0 radical (unpaired) electrons. The van der Waals surface area contributed by atoms with Crippen LogP contribution in [-0.2, 0) is 4.79 Å². The molecule has 0 saturated carbocycles. The fourth-order valence-electron chi connectivity index (χ4n) is 1.82. The number of carbonyl (C=O) groups is 1. The third kappa shape index (κ3) is 6.89. The molecule has 0 aliphatic carbocycles. The van der Waals surface area contributed by atoms with Crippen molar-refractivity contribution in [3.63, 3.8) is 0 Å². The number of aliphatic hydroxyl groups excluding tert-OH is 2. The van der Waals surface area contributed by atoms with Gasteiger partial charge in [0.1, 0.15) is 6.07 Å². The maximum absolute atomic E-state index is 10.7. The highest BCUT2D eigenvalue weighted by Gasteiger charge is 2.20. The first-order valence-electron chi connectivity index (χ1n) is 6.65. The zero-order valence-electron chi connectivity index (χ0n) is 11.4. The van der Waals surface area contributed by atoms with Gasteiger partial charge >= 0.3 is 5.97 Å². The van der Waals surface area contributed by atoms with Crippen molar-refractivity contribution in [2.45, 2.75) is 51.0 Å². The molecule has 110 valence electrons. The SMILES string of the molecule is N#CC(C(=O)O)=C(C#N)C(O)CCCCCCCCO. The van der Waals surface area contributed by atoms with Crippen molar-refractivity contribution < 1.29 is 20.1 Å². The lowest BCUT2D eigenvalue weighted by atomic mass is 9.99. The lowest BCUT2D eigenvalue weighted by Crippen LogP contribution is -2.14. The molecular weight excluding hydrogens is 260 g/mol. The lowest BCUT2D eigenvalue weighted by molar-refractivity contribution is -0.132. The van der Waals surface area contributed by atoms with Crippen molar-refractivity contribution in [1.29, 1.82) is 10.5 Å². The Kier molecular flexibility index (Phi) is 9.94. The molecule has 0 fully saturated rings. The normalized spacial score (nSPS) is 13.0. The monoisotopic (exact) mass is 280 g/mol. The van der Waals surface area contributed by atoms with Crippen LogP contribution < -0.4 is 0 Å². The van der Waals surface area contributed by atoms with E-state index in [0.29, 0.717) is 6.42 Å². The van der Waals surface area contributed by atoms with Crippen LogP contribution in [0.1, 0.15) is 44.9 Å². The minimum Gasteiger partial charge on any atom is -0.477 e. The summed E-state index contributed by atoms with van der Waals surface area (Å²) in [7, 11) is 0. The first kappa shape index (κ1) is 18.1. The van der Waals surface area contributed by atoms with Gasteiger partial charge in [-0.05, 0) is 12.8 Å². The molecule has 1 unspecified atom stereocenters. The summed E-state index contributed by atoms with van der Waals surface area (Å²) in [6.07, 6.45) is 4.27. The summed E-state index contributed by atoms with van der Waals surface area (Å²) in [5.74, 6) is -1.49. The second-order valence-electron chi connectivity index (χ2n) is 4.47. The van der Waals surface area contributed by atoms with Gasteiger partial charge in [0.2, 0.25) is 0 Å². The summed E-state index contributed by atoms with van der Waals surface area (Å²) < 4.78 is 0. The summed E-state index contributed by atoms with van der Waals surface area (Å²) in [5, 5.41) is 44.6. The fourth-order valence-corrected chi connectivity index (χ4v) is 1.82. The van der Waals surface area contributed by atoms with Crippen molar-refractivity contribution in [1.82, 2.24) is 0 Å². The van der Waals surface area contributed by atoms with Crippen molar-refractivity contribution in [3.05, 3.63) is 11.1 Å². The van der Waals surface area contributed by atoms with Gasteiger partial charge in [-0.2, -0.15) is 10.5 Å². The van der Waals surface area contributed by atoms with Gasteiger partial charge in [0.15, 0.2) is 5.57 Å².